The van der Waals surface area contributed by atoms with Crippen molar-refractivity contribution in [3.8, 4) is 0 Å². The van der Waals surface area contributed by atoms with Crippen LogP contribution in [0.3, 0.4) is 0 Å². The lowest BCUT2D eigenvalue weighted by atomic mass is 9.98. The van der Waals surface area contributed by atoms with Crippen LogP contribution in [0.15, 0.2) is 18.2 Å². The molecule has 120 valence electrons. The number of benzene rings is 1. The number of rotatable bonds is 5. The van der Waals surface area contributed by atoms with Crippen molar-refractivity contribution in [1.82, 2.24) is 4.90 Å². The Morgan fingerprint density at radius 2 is 2.23 bits per heavy atom. The van der Waals surface area contributed by atoms with Gasteiger partial charge in [-0.05, 0) is 36.0 Å². The second kappa shape index (κ2) is 6.80. The molecule has 0 saturated carbocycles. The molecule has 2 aliphatic heterocycles. The molecule has 0 aliphatic carbocycles. The topological polar surface area (TPSA) is 49.8 Å². The number of carbonyl (C=O) groups is 1. The van der Waals surface area contributed by atoms with Gasteiger partial charge in [0, 0.05) is 26.1 Å². The minimum atomic E-state index is -0.558. The molecule has 1 fully saturated rings. The van der Waals surface area contributed by atoms with Crippen LogP contribution in [0.2, 0.25) is 0 Å². The third-order valence-electron chi connectivity index (χ3n) is 4.71. The number of fused-ring (bicyclic) bond motifs is 1. The van der Waals surface area contributed by atoms with E-state index >= 15 is 0 Å². The van der Waals surface area contributed by atoms with E-state index in [1.54, 1.807) is 0 Å². The molecule has 2 heterocycles. The van der Waals surface area contributed by atoms with Crippen molar-refractivity contribution < 1.29 is 14.6 Å². The van der Waals surface area contributed by atoms with Gasteiger partial charge in [0.15, 0.2) is 0 Å². The predicted octanol–water partition coefficient (Wildman–Crippen LogP) is 2.93. The van der Waals surface area contributed by atoms with Crippen molar-refractivity contribution in [3.63, 3.8) is 0 Å². The highest BCUT2D eigenvalue weighted by atomic mass is 16.5. The minimum absolute atomic E-state index is 0.0817. The van der Waals surface area contributed by atoms with Gasteiger partial charge in [0.2, 0.25) is 5.91 Å². The molecule has 0 spiro atoms. The summed E-state index contributed by atoms with van der Waals surface area (Å²) in [6, 6.07) is 6.08. The average molecular weight is 303 g/mol. The molecule has 4 heteroatoms. The number of nitrogens with zero attached hydrogens (tertiary/aromatic N) is 1. The smallest absolute Gasteiger partial charge is 0.223 e. The summed E-state index contributed by atoms with van der Waals surface area (Å²) in [5, 5.41) is 10.4. The number of hydrogen-bond donors (Lipinski definition) is 1. The molecule has 0 aromatic heterocycles. The van der Waals surface area contributed by atoms with Gasteiger partial charge in [-0.3, -0.25) is 4.79 Å². The maximum atomic E-state index is 12.2. The number of unbranched alkanes of at least 4 members (excludes halogenated alkanes) is 1. The van der Waals surface area contributed by atoms with E-state index in [9.17, 15) is 9.90 Å². The highest BCUT2D eigenvalue weighted by molar-refractivity contribution is 5.77. The zero-order chi connectivity index (χ0) is 15.5. The molecule has 3 rings (SSSR count). The van der Waals surface area contributed by atoms with Crippen molar-refractivity contribution in [3.05, 3.63) is 34.9 Å². The van der Waals surface area contributed by atoms with Crippen LogP contribution in [0.4, 0.5) is 0 Å². The summed E-state index contributed by atoms with van der Waals surface area (Å²) in [7, 11) is 0. The Hall–Kier alpha value is -1.39. The minimum Gasteiger partial charge on any atom is -0.386 e. The zero-order valence-corrected chi connectivity index (χ0v) is 13.3. The molecule has 2 unspecified atom stereocenters. The van der Waals surface area contributed by atoms with Crippen LogP contribution in [-0.2, 0) is 22.6 Å². The Labute approximate surface area is 132 Å². The number of amides is 1. The maximum Gasteiger partial charge on any atom is 0.223 e. The first-order valence-corrected chi connectivity index (χ1v) is 8.38. The Morgan fingerprint density at radius 1 is 1.41 bits per heavy atom. The summed E-state index contributed by atoms with van der Waals surface area (Å²) < 4.78 is 5.58. The van der Waals surface area contributed by atoms with Gasteiger partial charge in [0.25, 0.3) is 0 Å². The van der Waals surface area contributed by atoms with Gasteiger partial charge in [0.05, 0.1) is 6.10 Å². The van der Waals surface area contributed by atoms with Crippen molar-refractivity contribution in [1.29, 1.82) is 0 Å². The Balaban J connectivity index is 1.67. The number of ether oxygens (including phenoxy) is 1. The van der Waals surface area contributed by atoms with Gasteiger partial charge in [0.1, 0.15) is 6.10 Å². The van der Waals surface area contributed by atoms with E-state index in [1.807, 2.05) is 11.0 Å². The second-order valence-electron chi connectivity index (χ2n) is 6.38. The van der Waals surface area contributed by atoms with E-state index < -0.39 is 6.10 Å². The quantitative estimate of drug-likeness (QED) is 0.910. The third kappa shape index (κ3) is 3.18. The van der Waals surface area contributed by atoms with Crippen LogP contribution in [0.5, 0.6) is 0 Å². The lowest BCUT2D eigenvalue weighted by molar-refractivity contribution is -0.131. The monoisotopic (exact) mass is 303 g/mol. The third-order valence-corrected chi connectivity index (χ3v) is 4.71. The van der Waals surface area contributed by atoms with E-state index in [4.69, 9.17) is 4.74 Å². The Kier molecular flexibility index (Phi) is 4.79. The normalized spacial score (nSPS) is 21.9. The van der Waals surface area contributed by atoms with Crippen molar-refractivity contribution in [2.24, 2.45) is 0 Å². The van der Waals surface area contributed by atoms with Gasteiger partial charge in [-0.2, -0.15) is 0 Å². The lowest BCUT2D eigenvalue weighted by Gasteiger charge is -2.18. The summed E-state index contributed by atoms with van der Waals surface area (Å²) in [6.45, 7) is 4.22. The molecule has 1 aromatic rings. The molecule has 1 saturated heterocycles. The van der Waals surface area contributed by atoms with Gasteiger partial charge < -0.3 is 14.7 Å². The van der Waals surface area contributed by atoms with Gasteiger partial charge >= 0.3 is 0 Å². The van der Waals surface area contributed by atoms with Crippen LogP contribution in [-0.4, -0.2) is 28.6 Å². The van der Waals surface area contributed by atoms with E-state index in [0.29, 0.717) is 19.5 Å². The van der Waals surface area contributed by atoms with Crippen LogP contribution in [0, 0.1) is 0 Å². The van der Waals surface area contributed by atoms with E-state index in [1.165, 1.54) is 11.1 Å². The number of carbonyl (C=O) groups excluding carboxylic acids is 1. The van der Waals surface area contributed by atoms with Crippen LogP contribution in [0.25, 0.3) is 0 Å². The first-order chi connectivity index (χ1) is 10.7. The molecule has 1 amide bonds. The summed E-state index contributed by atoms with van der Waals surface area (Å²) in [4.78, 5) is 14.1. The Morgan fingerprint density at radius 3 is 2.95 bits per heavy atom. The van der Waals surface area contributed by atoms with Gasteiger partial charge in [-0.25, -0.2) is 0 Å². The summed E-state index contributed by atoms with van der Waals surface area (Å²) in [5.41, 5.74) is 3.28. The molecule has 0 bridgehead atoms. The van der Waals surface area contributed by atoms with Crippen molar-refractivity contribution >= 4 is 5.91 Å². The molecule has 22 heavy (non-hydrogen) atoms. The average Bonchev–Trinajstić information content (AvgIpc) is 3.19. The van der Waals surface area contributed by atoms with Gasteiger partial charge in [-0.15, -0.1) is 0 Å². The molecule has 1 aromatic carbocycles. The SMILES string of the molecule is CCCCC(=O)N1Cc2ccc(C(O)C3CCCO3)cc2C1. The van der Waals surface area contributed by atoms with Crippen LogP contribution in [0.1, 0.15) is 61.8 Å². The molecule has 2 atom stereocenters. The van der Waals surface area contributed by atoms with Crippen molar-refractivity contribution in [2.75, 3.05) is 6.61 Å². The van der Waals surface area contributed by atoms with E-state index in [-0.39, 0.29) is 12.0 Å². The predicted molar refractivity (Wildman–Crippen MR) is 84.2 cm³/mol. The second-order valence-corrected chi connectivity index (χ2v) is 6.38. The summed E-state index contributed by atoms with van der Waals surface area (Å²) in [5.74, 6) is 0.235. The first-order valence-electron chi connectivity index (χ1n) is 8.38. The van der Waals surface area contributed by atoms with Crippen molar-refractivity contribution in [2.45, 2.75) is 64.3 Å². The summed E-state index contributed by atoms with van der Waals surface area (Å²) in [6.07, 6.45) is 3.93. The zero-order valence-electron chi connectivity index (χ0n) is 13.3. The fraction of sp³-hybridized carbons (Fsp3) is 0.611. The van der Waals surface area contributed by atoms with E-state index in [0.717, 1.165) is 37.9 Å². The van der Waals surface area contributed by atoms with Crippen LogP contribution >= 0.6 is 0 Å². The summed E-state index contributed by atoms with van der Waals surface area (Å²) >= 11 is 0. The molecule has 4 nitrogen and oxygen atoms in total. The maximum absolute atomic E-state index is 12.2. The number of aliphatic hydroxyl groups is 1. The molecular weight excluding hydrogens is 278 g/mol. The number of hydrogen-bond acceptors (Lipinski definition) is 3. The highest BCUT2D eigenvalue weighted by Crippen LogP contribution is 2.31. The highest BCUT2D eigenvalue weighted by Gasteiger charge is 2.28. The fourth-order valence-corrected chi connectivity index (χ4v) is 3.33. The van der Waals surface area contributed by atoms with Gasteiger partial charge in [-0.1, -0.05) is 31.5 Å². The first kappa shape index (κ1) is 15.5. The lowest BCUT2D eigenvalue weighted by Crippen LogP contribution is -2.24. The Bertz CT molecular complexity index is 537. The molecule has 1 N–H and O–H groups in total. The molecule has 0 radical (unpaired) electrons. The number of aliphatic hydroxyl groups excluding tert-OH is 1. The standard InChI is InChI=1S/C18H25NO3/c1-2-3-6-17(20)19-11-14-8-7-13(10-15(14)12-19)18(21)16-5-4-9-22-16/h7-8,10,16,18,21H,2-6,9,11-12H2,1H3. The van der Waals surface area contributed by atoms with E-state index in [2.05, 4.69) is 19.1 Å². The fourth-order valence-electron chi connectivity index (χ4n) is 3.33. The van der Waals surface area contributed by atoms with Crippen LogP contribution < -0.4 is 0 Å². The molecular formula is C18H25NO3. The molecule has 2 aliphatic rings. The largest absolute Gasteiger partial charge is 0.386 e.